The van der Waals surface area contributed by atoms with Crippen molar-refractivity contribution in [3.05, 3.63) is 24.0 Å². The molecule has 2 saturated heterocycles. The van der Waals surface area contributed by atoms with E-state index in [-0.39, 0.29) is 5.41 Å². The quantitative estimate of drug-likeness (QED) is 0.840. The zero-order chi connectivity index (χ0) is 13.5. The molecule has 2 aliphatic heterocycles. The average Bonchev–Trinajstić information content (AvgIpc) is 2.36. The third-order valence-electron chi connectivity index (χ3n) is 4.60. The van der Waals surface area contributed by atoms with E-state index in [4.69, 9.17) is 0 Å². The Bertz CT molecular complexity index is 430. The normalized spacial score (nSPS) is 22.4. The van der Waals surface area contributed by atoms with Crippen LogP contribution in [0.2, 0.25) is 0 Å². The summed E-state index contributed by atoms with van der Waals surface area (Å²) in [6.07, 6.45) is 4.71. The maximum absolute atomic E-state index is 4.63. The summed E-state index contributed by atoms with van der Waals surface area (Å²) in [5.41, 5.74) is 3.20. The van der Waals surface area contributed by atoms with Gasteiger partial charge in [0.2, 0.25) is 0 Å². The lowest BCUT2D eigenvalue weighted by Crippen LogP contribution is -2.60. The Morgan fingerprint density at radius 1 is 1.16 bits per heavy atom. The molecule has 3 heteroatoms. The summed E-state index contributed by atoms with van der Waals surface area (Å²) in [4.78, 5) is 7.11. The fourth-order valence-electron chi connectivity index (χ4n) is 3.24. The van der Waals surface area contributed by atoms with E-state index in [0.29, 0.717) is 5.41 Å². The van der Waals surface area contributed by atoms with Gasteiger partial charge in [0.15, 0.2) is 0 Å². The number of anilines is 1. The van der Waals surface area contributed by atoms with Crippen molar-refractivity contribution in [3.8, 4) is 0 Å². The van der Waals surface area contributed by atoms with Crippen LogP contribution in [0.4, 0.5) is 5.69 Å². The first-order valence-corrected chi connectivity index (χ1v) is 7.41. The van der Waals surface area contributed by atoms with Gasteiger partial charge in [0.1, 0.15) is 0 Å². The Kier molecular flexibility index (Phi) is 3.05. The smallest absolute Gasteiger partial charge is 0.0553 e. The van der Waals surface area contributed by atoms with Gasteiger partial charge in [-0.25, -0.2) is 0 Å². The number of nitrogens with one attached hydrogen (secondary N) is 1. The molecule has 19 heavy (non-hydrogen) atoms. The Morgan fingerprint density at radius 3 is 2.37 bits per heavy atom. The Labute approximate surface area is 116 Å². The van der Waals surface area contributed by atoms with Crippen LogP contribution in [0.15, 0.2) is 18.3 Å². The molecule has 1 N–H and O–H groups in total. The van der Waals surface area contributed by atoms with Gasteiger partial charge in [-0.05, 0) is 38.1 Å². The van der Waals surface area contributed by atoms with Crippen molar-refractivity contribution in [2.45, 2.75) is 39.0 Å². The molecule has 3 rings (SSSR count). The second kappa shape index (κ2) is 4.48. The summed E-state index contributed by atoms with van der Waals surface area (Å²) in [5.74, 6) is 0. The Balaban J connectivity index is 1.65. The molecule has 0 atom stereocenters. The molecule has 1 spiro atoms. The van der Waals surface area contributed by atoms with Gasteiger partial charge >= 0.3 is 0 Å². The molecule has 0 saturated carbocycles. The van der Waals surface area contributed by atoms with Crippen molar-refractivity contribution in [2.24, 2.45) is 5.41 Å². The lowest BCUT2D eigenvalue weighted by molar-refractivity contribution is 0.150. The minimum atomic E-state index is 0.143. The van der Waals surface area contributed by atoms with Crippen molar-refractivity contribution in [2.75, 3.05) is 31.1 Å². The summed E-state index contributed by atoms with van der Waals surface area (Å²) >= 11 is 0. The molecule has 0 aromatic carbocycles. The van der Waals surface area contributed by atoms with Crippen LogP contribution in [-0.2, 0) is 5.41 Å². The number of piperidine rings is 1. The van der Waals surface area contributed by atoms with Crippen LogP contribution in [0.3, 0.4) is 0 Å². The summed E-state index contributed by atoms with van der Waals surface area (Å²) in [5, 5.41) is 3.46. The molecular weight excluding hydrogens is 234 g/mol. The maximum atomic E-state index is 4.63. The molecule has 0 aliphatic carbocycles. The fourth-order valence-corrected chi connectivity index (χ4v) is 3.24. The van der Waals surface area contributed by atoms with Crippen molar-refractivity contribution < 1.29 is 0 Å². The molecule has 1 aromatic heterocycles. The first kappa shape index (κ1) is 12.9. The van der Waals surface area contributed by atoms with Crippen LogP contribution in [0, 0.1) is 5.41 Å². The van der Waals surface area contributed by atoms with Gasteiger partial charge in [-0.15, -0.1) is 0 Å². The average molecular weight is 259 g/mol. The zero-order valence-corrected chi connectivity index (χ0v) is 12.4. The highest BCUT2D eigenvalue weighted by molar-refractivity contribution is 5.49. The van der Waals surface area contributed by atoms with Gasteiger partial charge in [-0.1, -0.05) is 20.8 Å². The van der Waals surface area contributed by atoms with Crippen LogP contribution in [0.5, 0.6) is 0 Å². The van der Waals surface area contributed by atoms with Gasteiger partial charge in [0.25, 0.3) is 0 Å². The topological polar surface area (TPSA) is 28.2 Å². The lowest BCUT2D eigenvalue weighted by atomic mass is 9.72. The largest absolute Gasteiger partial charge is 0.369 e. The molecule has 3 heterocycles. The second-order valence-electron chi connectivity index (χ2n) is 7.26. The first-order valence-electron chi connectivity index (χ1n) is 7.41. The molecule has 0 radical (unpaired) electrons. The molecule has 2 aliphatic rings. The van der Waals surface area contributed by atoms with E-state index in [9.17, 15) is 0 Å². The van der Waals surface area contributed by atoms with Crippen molar-refractivity contribution in [1.29, 1.82) is 0 Å². The third kappa shape index (κ3) is 2.48. The summed E-state index contributed by atoms with van der Waals surface area (Å²) in [6.45, 7) is 11.4. The molecule has 0 bridgehead atoms. The predicted octanol–water partition coefficient (Wildman–Crippen LogP) is 2.57. The first-order chi connectivity index (χ1) is 8.99. The van der Waals surface area contributed by atoms with E-state index >= 15 is 0 Å². The minimum absolute atomic E-state index is 0.143. The molecule has 1 aromatic rings. The lowest BCUT2D eigenvalue weighted by Gasteiger charge is -2.53. The highest BCUT2D eigenvalue weighted by Crippen LogP contribution is 2.41. The SMILES string of the molecule is CC(C)(C)c1ccc(N2CC3(CCNCC3)C2)cn1. The standard InChI is InChI=1S/C16H25N3/c1-15(2,3)14-5-4-13(10-18-14)19-11-16(12-19)6-8-17-9-7-16/h4-5,10,17H,6-9,11-12H2,1-3H3. The van der Waals surface area contributed by atoms with Crippen molar-refractivity contribution >= 4 is 5.69 Å². The Morgan fingerprint density at radius 2 is 1.84 bits per heavy atom. The van der Waals surface area contributed by atoms with Crippen LogP contribution in [-0.4, -0.2) is 31.2 Å². The van der Waals surface area contributed by atoms with Crippen LogP contribution < -0.4 is 10.2 Å². The molecular formula is C16H25N3. The molecule has 0 amide bonds. The van der Waals surface area contributed by atoms with Gasteiger partial charge in [-0.3, -0.25) is 4.98 Å². The minimum Gasteiger partial charge on any atom is -0.369 e. The number of pyridine rings is 1. The number of nitrogens with zero attached hydrogens (tertiary/aromatic N) is 2. The van der Waals surface area contributed by atoms with Crippen molar-refractivity contribution in [3.63, 3.8) is 0 Å². The van der Waals surface area contributed by atoms with Gasteiger partial charge in [-0.2, -0.15) is 0 Å². The van der Waals surface area contributed by atoms with E-state index in [1.807, 2.05) is 0 Å². The summed E-state index contributed by atoms with van der Waals surface area (Å²) in [6, 6.07) is 4.42. The molecule has 3 nitrogen and oxygen atoms in total. The van der Waals surface area contributed by atoms with E-state index in [0.717, 1.165) is 0 Å². The molecule has 2 fully saturated rings. The van der Waals surface area contributed by atoms with Gasteiger partial charge in [0.05, 0.1) is 11.9 Å². The van der Waals surface area contributed by atoms with Crippen LogP contribution in [0.1, 0.15) is 39.3 Å². The van der Waals surface area contributed by atoms with E-state index in [2.05, 4.69) is 54.3 Å². The summed E-state index contributed by atoms with van der Waals surface area (Å²) in [7, 11) is 0. The monoisotopic (exact) mass is 259 g/mol. The second-order valence-corrected chi connectivity index (χ2v) is 7.26. The number of rotatable bonds is 1. The maximum Gasteiger partial charge on any atom is 0.0553 e. The molecule has 0 unspecified atom stereocenters. The van der Waals surface area contributed by atoms with Gasteiger partial charge < -0.3 is 10.2 Å². The number of aromatic nitrogens is 1. The Hall–Kier alpha value is -1.09. The van der Waals surface area contributed by atoms with Crippen molar-refractivity contribution in [1.82, 2.24) is 10.3 Å². The number of hydrogen-bond acceptors (Lipinski definition) is 3. The van der Waals surface area contributed by atoms with E-state index in [1.54, 1.807) is 0 Å². The van der Waals surface area contributed by atoms with Crippen LogP contribution in [0.25, 0.3) is 0 Å². The third-order valence-corrected chi connectivity index (χ3v) is 4.60. The highest BCUT2D eigenvalue weighted by atomic mass is 15.2. The predicted molar refractivity (Wildman–Crippen MR) is 79.7 cm³/mol. The number of hydrogen-bond donors (Lipinski definition) is 1. The molecule has 104 valence electrons. The van der Waals surface area contributed by atoms with Crippen LogP contribution >= 0.6 is 0 Å². The zero-order valence-electron chi connectivity index (χ0n) is 12.4. The van der Waals surface area contributed by atoms with E-state index < -0.39 is 0 Å². The highest BCUT2D eigenvalue weighted by Gasteiger charge is 2.43. The fraction of sp³-hybridized carbons (Fsp3) is 0.688. The van der Waals surface area contributed by atoms with Gasteiger partial charge in [0, 0.05) is 29.6 Å². The summed E-state index contributed by atoms with van der Waals surface area (Å²) < 4.78 is 0. The van der Waals surface area contributed by atoms with E-state index in [1.165, 1.54) is 50.4 Å².